The number of ether oxygens (including phenoxy) is 1. The first-order valence-electron chi connectivity index (χ1n) is 9.34. The number of nitrogens with one attached hydrogen (secondary N) is 2. The van der Waals surface area contributed by atoms with E-state index in [1.54, 1.807) is 10.9 Å². The summed E-state index contributed by atoms with van der Waals surface area (Å²) in [5, 5.41) is 10.7. The van der Waals surface area contributed by atoms with E-state index < -0.39 is 5.54 Å². The Bertz CT molecular complexity index is 695. The summed E-state index contributed by atoms with van der Waals surface area (Å²) in [6.45, 7) is 6.88. The summed E-state index contributed by atoms with van der Waals surface area (Å²) < 4.78 is 7.55. The minimum atomic E-state index is -0.604. The third kappa shape index (κ3) is 5.02. The van der Waals surface area contributed by atoms with Crippen molar-refractivity contribution in [3.63, 3.8) is 0 Å². The number of carbonyl (C=O) groups is 1. The largest absolute Gasteiger partial charge is 0.492 e. The molecule has 7 heteroatoms. The van der Waals surface area contributed by atoms with Crippen LogP contribution in [0.5, 0.6) is 5.75 Å². The van der Waals surface area contributed by atoms with Gasteiger partial charge in [-0.05, 0) is 55.6 Å². The van der Waals surface area contributed by atoms with E-state index in [1.807, 2.05) is 24.4 Å². The van der Waals surface area contributed by atoms with Gasteiger partial charge in [0.15, 0.2) is 0 Å². The van der Waals surface area contributed by atoms with Crippen LogP contribution >= 0.6 is 12.4 Å². The molecule has 1 aliphatic heterocycles. The summed E-state index contributed by atoms with van der Waals surface area (Å²) in [6, 6.07) is 9.99. The number of piperidine rings is 1. The van der Waals surface area contributed by atoms with Gasteiger partial charge in [0.05, 0.1) is 6.54 Å². The highest BCUT2D eigenvalue weighted by Gasteiger charge is 2.41. The third-order valence-corrected chi connectivity index (χ3v) is 5.00. The van der Waals surface area contributed by atoms with E-state index in [0.717, 1.165) is 31.7 Å². The van der Waals surface area contributed by atoms with Gasteiger partial charge >= 0.3 is 0 Å². The summed E-state index contributed by atoms with van der Waals surface area (Å²) in [6.07, 6.45) is 5.06. The van der Waals surface area contributed by atoms with Crippen molar-refractivity contribution in [2.45, 2.75) is 38.1 Å². The average molecular weight is 393 g/mol. The second kappa shape index (κ2) is 9.76. The predicted molar refractivity (Wildman–Crippen MR) is 109 cm³/mol. The highest BCUT2D eigenvalue weighted by molar-refractivity contribution is 5.85. The van der Waals surface area contributed by atoms with Gasteiger partial charge in [0, 0.05) is 12.4 Å². The lowest BCUT2D eigenvalue weighted by Crippen LogP contribution is -2.55. The van der Waals surface area contributed by atoms with Gasteiger partial charge in [-0.15, -0.1) is 12.4 Å². The fourth-order valence-electron chi connectivity index (χ4n) is 3.37. The molecule has 1 fully saturated rings. The van der Waals surface area contributed by atoms with Crippen LogP contribution in [-0.4, -0.2) is 41.9 Å². The van der Waals surface area contributed by atoms with Crippen molar-refractivity contribution in [3.8, 4) is 5.75 Å². The van der Waals surface area contributed by atoms with E-state index in [9.17, 15) is 4.79 Å². The Morgan fingerprint density at radius 1 is 1.30 bits per heavy atom. The molecule has 0 aliphatic carbocycles. The van der Waals surface area contributed by atoms with Crippen molar-refractivity contribution >= 4 is 18.3 Å². The maximum atomic E-state index is 12.9. The Balaban J connectivity index is 0.00000261. The van der Waals surface area contributed by atoms with Gasteiger partial charge in [-0.25, -0.2) is 0 Å². The molecule has 1 amide bonds. The zero-order valence-electron chi connectivity index (χ0n) is 16.0. The molecule has 1 aliphatic rings. The number of halogens is 1. The summed E-state index contributed by atoms with van der Waals surface area (Å²) in [5.74, 6) is 1.35. The molecule has 0 atom stereocenters. The summed E-state index contributed by atoms with van der Waals surface area (Å²) in [7, 11) is 0. The molecule has 1 saturated heterocycles. The minimum absolute atomic E-state index is 0. The maximum Gasteiger partial charge on any atom is 0.248 e. The van der Waals surface area contributed by atoms with Crippen LogP contribution in [0.3, 0.4) is 0 Å². The van der Waals surface area contributed by atoms with Crippen molar-refractivity contribution in [3.05, 3.63) is 48.3 Å². The molecule has 6 nitrogen and oxygen atoms in total. The molecule has 1 aromatic heterocycles. The van der Waals surface area contributed by atoms with Crippen molar-refractivity contribution in [1.29, 1.82) is 0 Å². The first-order chi connectivity index (χ1) is 12.6. The van der Waals surface area contributed by atoms with Crippen LogP contribution in [0.1, 0.15) is 38.2 Å². The Kier molecular flexibility index (Phi) is 7.68. The summed E-state index contributed by atoms with van der Waals surface area (Å²) in [5.41, 5.74) is 0.686. The highest BCUT2D eigenvalue weighted by atomic mass is 35.5. The molecule has 0 unspecified atom stereocenters. The highest BCUT2D eigenvalue weighted by Crippen LogP contribution is 2.27. The molecule has 3 rings (SSSR count). The second-order valence-corrected chi connectivity index (χ2v) is 7.06. The van der Waals surface area contributed by atoms with Gasteiger partial charge in [0.1, 0.15) is 17.9 Å². The van der Waals surface area contributed by atoms with E-state index in [0.29, 0.717) is 19.1 Å². The minimum Gasteiger partial charge on any atom is -0.492 e. The van der Waals surface area contributed by atoms with Gasteiger partial charge in [-0.2, -0.15) is 5.10 Å². The summed E-state index contributed by atoms with van der Waals surface area (Å²) in [4.78, 5) is 12.9. The van der Waals surface area contributed by atoms with Crippen molar-refractivity contribution in [1.82, 2.24) is 20.4 Å². The molecular weight excluding hydrogens is 364 g/mol. The van der Waals surface area contributed by atoms with Crippen molar-refractivity contribution in [2.24, 2.45) is 0 Å². The zero-order chi connectivity index (χ0) is 18.4. The Hall–Kier alpha value is -2.05. The van der Waals surface area contributed by atoms with Crippen LogP contribution in [0.2, 0.25) is 0 Å². The Morgan fingerprint density at radius 2 is 2.00 bits per heavy atom. The number of aromatic nitrogens is 2. The molecule has 27 heavy (non-hydrogen) atoms. The monoisotopic (exact) mass is 392 g/mol. The van der Waals surface area contributed by atoms with Crippen LogP contribution in [0, 0.1) is 0 Å². The van der Waals surface area contributed by atoms with Crippen LogP contribution in [0.15, 0.2) is 42.7 Å². The molecular formula is C20H29ClN4O2. The first-order valence-corrected chi connectivity index (χ1v) is 9.34. The predicted octanol–water partition coefficient (Wildman–Crippen LogP) is 2.70. The lowest BCUT2D eigenvalue weighted by molar-refractivity contribution is -0.132. The third-order valence-electron chi connectivity index (χ3n) is 5.00. The normalized spacial score (nSPS) is 15.8. The SMILES string of the molecule is CC(C)c1ccc(OCCNC(=O)C2(n3cccn3)CCNCC2)cc1.Cl. The molecule has 0 radical (unpaired) electrons. The molecule has 1 aromatic carbocycles. The number of hydrogen-bond donors (Lipinski definition) is 2. The smallest absolute Gasteiger partial charge is 0.248 e. The quantitative estimate of drug-likeness (QED) is 0.711. The van der Waals surface area contributed by atoms with E-state index in [2.05, 4.69) is 41.7 Å². The standard InChI is InChI=1S/C20H28N4O2.ClH/c1-16(2)17-4-6-18(7-5-17)26-15-13-22-19(25)20(8-11-21-12-9-20)24-14-3-10-23-24;/h3-7,10,14,16,21H,8-9,11-13,15H2,1-2H3,(H,22,25);1H. The number of carbonyl (C=O) groups excluding carboxylic acids is 1. The molecule has 2 aromatic rings. The number of benzene rings is 1. The Morgan fingerprint density at radius 3 is 2.59 bits per heavy atom. The van der Waals surface area contributed by atoms with Gasteiger partial charge in [-0.3, -0.25) is 9.48 Å². The molecule has 0 spiro atoms. The van der Waals surface area contributed by atoms with Gasteiger partial charge in [0.2, 0.25) is 5.91 Å². The fraction of sp³-hybridized carbons (Fsp3) is 0.500. The summed E-state index contributed by atoms with van der Waals surface area (Å²) >= 11 is 0. The lowest BCUT2D eigenvalue weighted by atomic mass is 9.87. The average Bonchev–Trinajstić information content (AvgIpc) is 3.21. The van der Waals surface area contributed by atoms with Crippen molar-refractivity contribution < 1.29 is 9.53 Å². The van der Waals surface area contributed by atoms with Gasteiger partial charge < -0.3 is 15.4 Å². The van der Waals surface area contributed by atoms with E-state index in [-0.39, 0.29) is 18.3 Å². The first kappa shape index (κ1) is 21.3. The van der Waals surface area contributed by atoms with Crippen molar-refractivity contribution in [2.75, 3.05) is 26.2 Å². The van der Waals surface area contributed by atoms with Crippen LogP contribution in [0.4, 0.5) is 0 Å². The molecule has 148 valence electrons. The molecule has 0 saturated carbocycles. The number of nitrogens with zero attached hydrogens (tertiary/aromatic N) is 2. The lowest BCUT2D eigenvalue weighted by Gasteiger charge is -2.36. The van der Waals surface area contributed by atoms with E-state index in [1.165, 1.54) is 5.56 Å². The molecule has 0 bridgehead atoms. The molecule has 2 heterocycles. The van der Waals surface area contributed by atoms with E-state index in [4.69, 9.17) is 4.74 Å². The fourth-order valence-corrected chi connectivity index (χ4v) is 3.37. The zero-order valence-corrected chi connectivity index (χ0v) is 16.8. The number of amides is 1. The number of hydrogen-bond acceptors (Lipinski definition) is 4. The van der Waals surface area contributed by atoms with Gasteiger partial charge in [-0.1, -0.05) is 26.0 Å². The van der Waals surface area contributed by atoms with Crippen LogP contribution in [-0.2, 0) is 10.3 Å². The topological polar surface area (TPSA) is 68.2 Å². The maximum absolute atomic E-state index is 12.9. The Labute approximate surface area is 167 Å². The van der Waals surface area contributed by atoms with Crippen LogP contribution in [0.25, 0.3) is 0 Å². The van der Waals surface area contributed by atoms with E-state index >= 15 is 0 Å². The second-order valence-electron chi connectivity index (χ2n) is 7.06. The van der Waals surface area contributed by atoms with Crippen LogP contribution < -0.4 is 15.4 Å². The molecule has 2 N–H and O–H groups in total. The number of rotatable bonds is 7. The van der Waals surface area contributed by atoms with Gasteiger partial charge in [0.25, 0.3) is 0 Å².